The third-order valence-corrected chi connectivity index (χ3v) is 5.26. The maximum Gasteiger partial charge on any atom is 0.335 e. The Morgan fingerprint density at radius 1 is 1.29 bits per heavy atom. The first-order valence-electron chi connectivity index (χ1n) is 6.74. The molecule has 0 aliphatic carbocycles. The maximum absolute atomic E-state index is 12.2. The molecule has 0 amide bonds. The van der Waals surface area contributed by atoms with Gasteiger partial charge in [0.2, 0.25) is 10.0 Å². The smallest absolute Gasteiger partial charge is 0.335 e. The molecule has 0 saturated heterocycles. The molecule has 0 atom stereocenters. The molecule has 0 aliphatic heterocycles. The second-order valence-electron chi connectivity index (χ2n) is 5.02. The molecule has 1 rings (SSSR count). The molecule has 0 radical (unpaired) electrons. The average Bonchev–Trinajstić information content (AvgIpc) is 2.49. The van der Waals surface area contributed by atoms with Crippen LogP contribution in [-0.2, 0) is 10.0 Å². The number of carboxylic acids is 1. The maximum atomic E-state index is 12.2. The summed E-state index contributed by atoms with van der Waals surface area (Å²) in [5, 5.41) is 18.3. The van der Waals surface area contributed by atoms with E-state index in [0.717, 1.165) is 6.07 Å². The van der Waals surface area contributed by atoms with Crippen molar-refractivity contribution in [2.24, 2.45) is 5.41 Å². The summed E-state index contributed by atoms with van der Waals surface area (Å²) in [6.45, 7) is 3.77. The number of aliphatic hydroxyl groups is 1. The highest BCUT2D eigenvalue weighted by atomic mass is 32.2. The molecule has 0 bridgehead atoms. The number of nitrogens with one attached hydrogen (secondary N) is 1. The molecular weight excluding hydrogens is 294 g/mol. The van der Waals surface area contributed by atoms with Crippen LogP contribution >= 0.6 is 0 Å². The first kappa shape index (κ1) is 17.6. The van der Waals surface area contributed by atoms with Crippen molar-refractivity contribution < 1.29 is 23.4 Å². The van der Waals surface area contributed by atoms with Gasteiger partial charge in [0.1, 0.15) is 0 Å². The van der Waals surface area contributed by atoms with Gasteiger partial charge in [-0.2, -0.15) is 0 Å². The quantitative estimate of drug-likeness (QED) is 0.674. The minimum Gasteiger partial charge on any atom is -0.478 e. The Hall–Kier alpha value is -1.44. The van der Waals surface area contributed by atoms with E-state index in [2.05, 4.69) is 4.72 Å². The van der Waals surface area contributed by atoms with E-state index < -0.39 is 21.4 Å². The number of carboxylic acid groups (broad SMARTS) is 1. The SMILES string of the molecule is CCC(CC)(CO)CNS(=O)(=O)c1cccc(C(=O)O)c1. The molecule has 0 spiro atoms. The van der Waals surface area contributed by atoms with Crippen molar-refractivity contribution in [1.29, 1.82) is 0 Å². The van der Waals surface area contributed by atoms with Crippen LogP contribution in [0.2, 0.25) is 0 Å². The van der Waals surface area contributed by atoms with Gasteiger partial charge in [0.05, 0.1) is 10.5 Å². The fourth-order valence-electron chi connectivity index (χ4n) is 1.91. The first-order chi connectivity index (χ1) is 9.80. The molecular formula is C14H21NO5S. The van der Waals surface area contributed by atoms with Crippen molar-refractivity contribution in [2.75, 3.05) is 13.2 Å². The van der Waals surface area contributed by atoms with E-state index in [1.807, 2.05) is 13.8 Å². The van der Waals surface area contributed by atoms with Gasteiger partial charge in [0, 0.05) is 18.6 Å². The summed E-state index contributed by atoms with van der Waals surface area (Å²) in [4.78, 5) is 10.8. The van der Waals surface area contributed by atoms with E-state index >= 15 is 0 Å². The minimum absolute atomic E-state index is 0.0859. The van der Waals surface area contributed by atoms with Gasteiger partial charge in [-0.15, -0.1) is 0 Å². The van der Waals surface area contributed by atoms with Gasteiger partial charge in [-0.3, -0.25) is 0 Å². The van der Waals surface area contributed by atoms with Crippen LogP contribution in [0.4, 0.5) is 0 Å². The van der Waals surface area contributed by atoms with Crippen molar-refractivity contribution in [2.45, 2.75) is 31.6 Å². The Balaban J connectivity index is 2.97. The monoisotopic (exact) mass is 315 g/mol. The molecule has 0 unspecified atom stereocenters. The Labute approximate surface area is 124 Å². The lowest BCUT2D eigenvalue weighted by Crippen LogP contribution is -2.39. The zero-order valence-corrected chi connectivity index (χ0v) is 13.0. The highest BCUT2D eigenvalue weighted by Crippen LogP contribution is 2.25. The van der Waals surface area contributed by atoms with Gasteiger partial charge in [-0.05, 0) is 31.0 Å². The van der Waals surface area contributed by atoms with Crippen LogP contribution in [0.25, 0.3) is 0 Å². The lowest BCUT2D eigenvalue weighted by Gasteiger charge is -2.29. The van der Waals surface area contributed by atoms with E-state index in [0.29, 0.717) is 12.8 Å². The summed E-state index contributed by atoms with van der Waals surface area (Å²) in [7, 11) is -3.80. The predicted octanol–water partition coefficient (Wildman–Crippen LogP) is 1.46. The van der Waals surface area contributed by atoms with Crippen LogP contribution in [0, 0.1) is 5.41 Å². The van der Waals surface area contributed by atoms with Gasteiger partial charge >= 0.3 is 5.97 Å². The van der Waals surface area contributed by atoms with Crippen LogP contribution in [0.3, 0.4) is 0 Å². The fraction of sp³-hybridized carbons (Fsp3) is 0.500. The third kappa shape index (κ3) is 4.26. The van der Waals surface area contributed by atoms with E-state index in [4.69, 9.17) is 5.11 Å². The molecule has 7 heteroatoms. The average molecular weight is 315 g/mol. The second kappa shape index (κ2) is 7.02. The standard InChI is InChI=1S/C14H21NO5S/c1-3-14(4-2,10-16)9-15-21(19,20)12-7-5-6-11(8-12)13(17)18/h5-8,15-16H,3-4,9-10H2,1-2H3,(H,17,18). The molecule has 0 aromatic heterocycles. The highest BCUT2D eigenvalue weighted by Gasteiger charge is 2.28. The summed E-state index contributed by atoms with van der Waals surface area (Å²) in [5.41, 5.74) is -0.588. The number of aliphatic hydroxyl groups excluding tert-OH is 1. The number of rotatable bonds is 8. The van der Waals surface area contributed by atoms with Crippen LogP contribution in [0.1, 0.15) is 37.0 Å². The molecule has 0 fully saturated rings. The molecule has 0 aliphatic rings. The lowest BCUT2D eigenvalue weighted by atomic mass is 9.84. The Kier molecular flexibility index (Phi) is 5.88. The van der Waals surface area contributed by atoms with E-state index in [1.165, 1.54) is 18.2 Å². The van der Waals surface area contributed by atoms with Crippen molar-refractivity contribution in [1.82, 2.24) is 4.72 Å². The molecule has 0 saturated carbocycles. The molecule has 21 heavy (non-hydrogen) atoms. The highest BCUT2D eigenvalue weighted by molar-refractivity contribution is 7.89. The number of sulfonamides is 1. The predicted molar refractivity (Wildman–Crippen MR) is 78.7 cm³/mol. The van der Waals surface area contributed by atoms with Crippen molar-refractivity contribution in [3.05, 3.63) is 29.8 Å². The van der Waals surface area contributed by atoms with Crippen LogP contribution < -0.4 is 4.72 Å². The number of hydrogen-bond donors (Lipinski definition) is 3. The van der Waals surface area contributed by atoms with Crippen LogP contribution in [-0.4, -0.2) is 37.8 Å². The Bertz CT molecular complexity index is 585. The van der Waals surface area contributed by atoms with Gasteiger partial charge in [0.25, 0.3) is 0 Å². The summed E-state index contributed by atoms with van der Waals surface area (Å²) in [6, 6.07) is 5.17. The van der Waals surface area contributed by atoms with E-state index in [9.17, 15) is 18.3 Å². The zero-order valence-electron chi connectivity index (χ0n) is 12.2. The van der Waals surface area contributed by atoms with Gasteiger partial charge in [0.15, 0.2) is 0 Å². The van der Waals surface area contributed by atoms with Gasteiger partial charge in [-0.1, -0.05) is 19.9 Å². The van der Waals surface area contributed by atoms with E-state index in [1.54, 1.807) is 0 Å². The largest absolute Gasteiger partial charge is 0.478 e. The third-order valence-electron chi connectivity index (χ3n) is 3.86. The first-order valence-corrected chi connectivity index (χ1v) is 8.22. The minimum atomic E-state index is -3.80. The fourth-order valence-corrected chi connectivity index (χ4v) is 3.11. The summed E-state index contributed by atoms with van der Waals surface area (Å²) in [6.07, 6.45) is 1.27. The molecule has 6 nitrogen and oxygen atoms in total. The van der Waals surface area contributed by atoms with Gasteiger partial charge in [-0.25, -0.2) is 17.9 Å². The summed E-state index contributed by atoms with van der Waals surface area (Å²) < 4.78 is 26.9. The molecule has 1 aromatic rings. The Morgan fingerprint density at radius 3 is 2.38 bits per heavy atom. The van der Waals surface area contributed by atoms with E-state index in [-0.39, 0.29) is 23.6 Å². The topological polar surface area (TPSA) is 104 Å². The number of aromatic carboxylic acids is 1. The molecule has 1 aromatic carbocycles. The van der Waals surface area contributed by atoms with Crippen molar-refractivity contribution >= 4 is 16.0 Å². The summed E-state index contributed by atoms with van der Waals surface area (Å²) >= 11 is 0. The Morgan fingerprint density at radius 2 is 1.90 bits per heavy atom. The van der Waals surface area contributed by atoms with Gasteiger partial charge < -0.3 is 10.2 Å². The van der Waals surface area contributed by atoms with Crippen molar-refractivity contribution in [3.8, 4) is 0 Å². The van der Waals surface area contributed by atoms with Crippen molar-refractivity contribution in [3.63, 3.8) is 0 Å². The normalized spacial score (nSPS) is 12.3. The number of hydrogen-bond acceptors (Lipinski definition) is 4. The second-order valence-corrected chi connectivity index (χ2v) is 6.79. The van der Waals surface area contributed by atoms with Crippen LogP contribution in [0.5, 0.6) is 0 Å². The molecule has 3 N–H and O–H groups in total. The van der Waals surface area contributed by atoms with Crippen LogP contribution in [0.15, 0.2) is 29.2 Å². The zero-order chi connectivity index (χ0) is 16.1. The molecule has 0 heterocycles. The number of benzene rings is 1. The summed E-state index contributed by atoms with van der Waals surface area (Å²) in [5.74, 6) is -1.18. The molecule has 118 valence electrons. The lowest BCUT2D eigenvalue weighted by molar-refractivity contribution is 0.0696. The number of carbonyl (C=O) groups is 1.